The Morgan fingerprint density at radius 1 is 1.05 bits per heavy atom. The minimum Gasteiger partial charge on any atom is -0.491 e. The lowest BCUT2D eigenvalue weighted by Crippen LogP contribution is -2.46. The largest absolute Gasteiger partial charge is 0.491 e. The zero-order valence-corrected chi connectivity index (χ0v) is 13.4. The summed E-state index contributed by atoms with van der Waals surface area (Å²) in [6.07, 6.45) is 4.81. The Morgan fingerprint density at radius 2 is 1.73 bits per heavy atom. The van der Waals surface area contributed by atoms with E-state index < -0.39 is 6.10 Å². The number of piperidine rings is 1. The fourth-order valence-corrected chi connectivity index (χ4v) is 3.63. The van der Waals surface area contributed by atoms with Crippen LogP contribution in [0.2, 0.25) is 0 Å². The van der Waals surface area contributed by atoms with Crippen molar-refractivity contribution in [1.82, 2.24) is 9.80 Å². The Morgan fingerprint density at radius 3 is 2.41 bits per heavy atom. The third-order valence-electron chi connectivity index (χ3n) is 4.87. The molecular formula is C18H28N2O2. The number of benzene rings is 1. The van der Waals surface area contributed by atoms with Gasteiger partial charge in [-0.2, -0.15) is 0 Å². The van der Waals surface area contributed by atoms with Crippen molar-refractivity contribution in [2.24, 2.45) is 0 Å². The normalized spacial score (nSPS) is 22.8. The molecule has 4 nitrogen and oxygen atoms in total. The minimum absolute atomic E-state index is 0.371. The predicted octanol–water partition coefficient (Wildman–Crippen LogP) is 1.99. The number of rotatable bonds is 6. The lowest BCUT2D eigenvalue weighted by molar-refractivity contribution is 0.0476. The summed E-state index contributed by atoms with van der Waals surface area (Å²) in [7, 11) is 0. The van der Waals surface area contributed by atoms with Crippen LogP contribution in [-0.4, -0.2) is 66.4 Å². The summed E-state index contributed by atoms with van der Waals surface area (Å²) in [6, 6.07) is 10.5. The number of para-hydroxylation sites is 1. The molecule has 0 radical (unpaired) electrons. The molecule has 2 aliphatic rings. The monoisotopic (exact) mass is 304 g/mol. The highest BCUT2D eigenvalue weighted by Crippen LogP contribution is 2.21. The van der Waals surface area contributed by atoms with Crippen LogP contribution in [-0.2, 0) is 0 Å². The van der Waals surface area contributed by atoms with E-state index in [-0.39, 0.29) is 0 Å². The molecule has 0 aliphatic carbocycles. The molecule has 3 rings (SSSR count). The number of likely N-dealkylation sites (tertiary alicyclic amines) is 2. The standard InChI is InChI=1S/C18H28N2O2/c21-17(15-22-18-6-2-1-3-7-18)14-19-12-8-16(9-13-19)20-10-4-5-11-20/h1-3,6-7,16-17,21H,4-5,8-15H2. The Bertz CT molecular complexity index is 426. The van der Waals surface area contributed by atoms with Gasteiger partial charge in [0, 0.05) is 12.6 Å². The number of nitrogens with zero attached hydrogens (tertiary/aromatic N) is 2. The highest BCUT2D eigenvalue weighted by Gasteiger charge is 2.27. The summed E-state index contributed by atoms with van der Waals surface area (Å²) in [5.74, 6) is 0.828. The second-order valence-electron chi connectivity index (χ2n) is 6.55. The summed E-state index contributed by atoms with van der Waals surface area (Å²) >= 11 is 0. The van der Waals surface area contributed by atoms with Crippen LogP contribution >= 0.6 is 0 Å². The van der Waals surface area contributed by atoms with Crippen molar-refractivity contribution in [2.45, 2.75) is 37.8 Å². The van der Waals surface area contributed by atoms with E-state index in [2.05, 4.69) is 9.80 Å². The van der Waals surface area contributed by atoms with Gasteiger partial charge < -0.3 is 19.6 Å². The van der Waals surface area contributed by atoms with Crippen LogP contribution < -0.4 is 4.74 Å². The molecule has 2 fully saturated rings. The molecule has 0 bridgehead atoms. The third-order valence-corrected chi connectivity index (χ3v) is 4.87. The van der Waals surface area contributed by atoms with Gasteiger partial charge in [0.15, 0.2) is 0 Å². The molecule has 2 heterocycles. The van der Waals surface area contributed by atoms with Crippen LogP contribution in [0.25, 0.3) is 0 Å². The van der Waals surface area contributed by atoms with Crippen molar-refractivity contribution >= 4 is 0 Å². The van der Waals surface area contributed by atoms with Crippen molar-refractivity contribution in [3.63, 3.8) is 0 Å². The van der Waals surface area contributed by atoms with Gasteiger partial charge >= 0.3 is 0 Å². The van der Waals surface area contributed by atoms with E-state index in [4.69, 9.17) is 4.74 Å². The number of hydrogen-bond acceptors (Lipinski definition) is 4. The van der Waals surface area contributed by atoms with Gasteiger partial charge in [-0.05, 0) is 64.0 Å². The molecule has 0 aromatic heterocycles. The number of aliphatic hydroxyl groups excluding tert-OH is 1. The van der Waals surface area contributed by atoms with Crippen LogP contribution in [0.4, 0.5) is 0 Å². The molecule has 1 N–H and O–H groups in total. The fraction of sp³-hybridized carbons (Fsp3) is 0.667. The lowest BCUT2D eigenvalue weighted by atomic mass is 10.0. The maximum absolute atomic E-state index is 10.2. The van der Waals surface area contributed by atoms with Crippen molar-refractivity contribution in [3.8, 4) is 5.75 Å². The van der Waals surface area contributed by atoms with Gasteiger partial charge in [0.1, 0.15) is 18.5 Å². The molecule has 2 saturated heterocycles. The zero-order valence-electron chi connectivity index (χ0n) is 13.4. The Balaban J connectivity index is 1.35. The van der Waals surface area contributed by atoms with Crippen molar-refractivity contribution in [2.75, 3.05) is 39.3 Å². The highest BCUT2D eigenvalue weighted by atomic mass is 16.5. The molecule has 1 aromatic rings. The summed E-state index contributed by atoms with van der Waals surface area (Å²) in [5.41, 5.74) is 0. The molecule has 1 aromatic carbocycles. The zero-order chi connectivity index (χ0) is 15.2. The van der Waals surface area contributed by atoms with Crippen LogP contribution in [0.1, 0.15) is 25.7 Å². The lowest BCUT2D eigenvalue weighted by Gasteiger charge is -2.37. The smallest absolute Gasteiger partial charge is 0.119 e. The molecule has 0 saturated carbocycles. The molecule has 2 aliphatic heterocycles. The number of hydrogen-bond donors (Lipinski definition) is 1. The maximum Gasteiger partial charge on any atom is 0.119 e. The van der Waals surface area contributed by atoms with Gasteiger partial charge in [0.25, 0.3) is 0 Å². The van der Waals surface area contributed by atoms with E-state index in [0.29, 0.717) is 6.61 Å². The van der Waals surface area contributed by atoms with Gasteiger partial charge in [0.05, 0.1) is 0 Å². The number of ether oxygens (including phenoxy) is 1. The van der Waals surface area contributed by atoms with Crippen LogP contribution in [0.15, 0.2) is 30.3 Å². The van der Waals surface area contributed by atoms with Crippen LogP contribution in [0.5, 0.6) is 5.75 Å². The number of aliphatic hydroxyl groups is 1. The topological polar surface area (TPSA) is 35.9 Å². The summed E-state index contributed by atoms with van der Waals surface area (Å²) < 4.78 is 5.63. The Labute approximate surface area is 133 Å². The maximum atomic E-state index is 10.2. The molecule has 4 heteroatoms. The summed E-state index contributed by atoms with van der Waals surface area (Å²) in [4.78, 5) is 5.04. The highest BCUT2D eigenvalue weighted by molar-refractivity contribution is 5.20. The van der Waals surface area contributed by atoms with E-state index in [1.54, 1.807) is 0 Å². The van der Waals surface area contributed by atoms with Crippen LogP contribution in [0.3, 0.4) is 0 Å². The predicted molar refractivity (Wildman–Crippen MR) is 88.2 cm³/mol. The Hall–Kier alpha value is -1.10. The van der Waals surface area contributed by atoms with E-state index in [1.165, 1.54) is 38.8 Å². The second kappa shape index (κ2) is 7.95. The third kappa shape index (κ3) is 4.45. The van der Waals surface area contributed by atoms with E-state index >= 15 is 0 Å². The van der Waals surface area contributed by atoms with E-state index in [1.807, 2.05) is 30.3 Å². The van der Waals surface area contributed by atoms with Gasteiger partial charge in [-0.15, -0.1) is 0 Å². The van der Waals surface area contributed by atoms with Crippen LogP contribution in [0, 0.1) is 0 Å². The molecule has 1 unspecified atom stereocenters. The van der Waals surface area contributed by atoms with Crippen molar-refractivity contribution < 1.29 is 9.84 Å². The second-order valence-corrected chi connectivity index (χ2v) is 6.55. The quantitative estimate of drug-likeness (QED) is 0.872. The van der Waals surface area contributed by atoms with Gasteiger partial charge in [-0.3, -0.25) is 0 Å². The Kier molecular flexibility index (Phi) is 5.70. The SMILES string of the molecule is OC(COc1ccccc1)CN1CCC(N2CCCC2)CC1. The van der Waals surface area contributed by atoms with Gasteiger partial charge in [0.2, 0.25) is 0 Å². The van der Waals surface area contributed by atoms with Gasteiger partial charge in [-0.25, -0.2) is 0 Å². The molecular weight excluding hydrogens is 276 g/mol. The molecule has 0 spiro atoms. The fourth-order valence-electron chi connectivity index (χ4n) is 3.63. The van der Waals surface area contributed by atoms with E-state index in [0.717, 1.165) is 31.4 Å². The van der Waals surface area contributed by atoms with E-state index in [9.17, 15) is 5.11 Å². The van der Waals surface area contributed by atoms with Crippen molar-refractivity contribution in [3.05, 3.63) is 30.3 Å². The van der Waals surface area contributed by atoms with Crippen molar-refractivity contribution in [1.29, 1.82) is 0 Å². The molecule has 1 atom stereocenters. The summed E-state index contributed by atoms with van der Waals surface area (Å²) in [5, 5.41) is 10.2. The molecule has 122 valence electrons. The average molecular weight is 304 g/mol. The first-order valence-electron chi connectivity index (χ1n) is 8.63. The average Bonchev–Trinajstić information content (AvgIpc) is 3.09. The number of β-amino-alcohol motifs (C(OH)–C–C–N with tert-alkyl or cyclic N) is 1. The minimum atomic E-state index is -0.413. The summed E-state index contributed by atoms with van der Waals surface area (Å²) in [6.45, 7) is 5.87. The molecule has 22 heavy (non-hydrogen) atoms. The first-order valence-corrected chi connectivity index (χ1v) is 8.63. The first-order chi connectivity index (χ1) is 10.8. The first kappa shape index (κ1) is 15.8. The molecule has 0 amide bonds. The van der Waals surface area contributed by atoms with Gasteiger partial charge in [-0.1, -0.05) is 18.2 Å².